The van der Waals surface area contributed by atoms with Crippen molar-refractivity contribution in [3.63, 3.8) is 0 Å². The summed E-state index contributed by atoms with van der Waals surface area (Å²) in [5.41, 5.74) is 8.34. The number of para-hydroxylation sites is 1. The number of anilines is 3. The van der Waals surface area contributed by atoms with Crippen molar-refractivity contribution in [1.82, 2.24) is 29.7 Å². The maximum absolute atomic E-state index is 10.3. The Morgan fingerprint density at radius 3 is 2.67 bits per heavy atom. The first-order valence-corrected chi connectivity index (χ1v) is 11.9. The number of phenols is 1. The van der Waals surface area contributed by atoms with E-state index >= 15 is 0 Å². The van der Waals surface area contributed by atoms with Crippen molar-refractivity contribution in [2.24, 2.45) is 0 Å². The summed E-state index contributed by atoms with van der Waals surface area (Å²) >= 11 is 0. The molecule has 4 aromatic rings. The average Bonchev–Trinajstić information content (AvgIpc) is 3.50. The summed E-state index contributed by atoms with van der Waals surface area (Å²) in [6, 6.07) is 11.6. The molecule has 0 saturated carbocycles. The van der Waals surface area contributed by atoms with Crippen LogP contribution in [-0.4, -0.2) is 60.0 Å². The summed E-state index contributed by atoms with van der Waals surface area (Å²) in [6.45, 7) is 2.12. The topological polar surface area (TPSA) is 122 Å². The number of hydrogen-bond donors (Lipinski definition) is 2. The predicted molar refractivity (Wildman–Crippen MR) is 136 cm³/mol. The first-order chi connectivity index (χ1) is 17.7. The fourth-order valence-electron chi connectivity index (χ4n) is 5.08. The number of aromatic nitrogens is 6. The minimum atomic E-state index is 0.167. The molecule has 36 heavy (non-hydrogen) atoms. The normalized spacial score (nSPS) is 18.7. The molecule has 2 aliphatic rings. The Bertz CT molecular complexity index is 1430. The van der Waals surface area contributed by atoms with Crippen molar-refractivity contribution in [3.8, 4) is 28.8 Å². The molecule has 0 aliphatic carbocycles. The molecule has 2 atom stereocenters. The third kappa shape index (κ3) is 4.15. The van der Waals surface area contributed by atoms with Crippen LogP contribution in [0.5, 0.6) is 5.75 Å². The SMILES string of the molecule is Nc1nnc(-c2ccccc2O)cc1N1CC2CCC(C1)N2c1ccnc(C#CCn2ccnc2)n1. The molecule has 3 N–H and O–H groups in total. The Labute approximate surface area is 208 Å². The number of benzene rings is 1. The second-order valence-electron chi connectivity index (χ2n) is 8.99. The summed E-state index contributed by atoms with van der Waals surface area (Å²) in [5, 5.41) is 18.7. The third-order valence-corrected chi connectivity index (χ3v) is 6.73. The van der Waals surface area contributed by atoms with E-state index in [1.165, 1.54) is 0 Å². The van der Waals surface area contributed by atoms with E-state index in [1.807, 2.05) is 35.0 Å². The maximum Gasteiger partial charge on any atom is 0.206 e. The van der Waals surface area contributed by atoms with Gasteiger partial charge in [0.05, 0.1) is 24.3 Å². The van der Waals surface area contributed by atoms with Crippen LogP contribution < -0.4 is 15.5 Å². The number of fused-ring (bicyclic) bond motifs is 2. The van der Waals surface area contributed by atoms with Gasteiger partial charge in [0.2, 0.25) is 5.82 Å². The van der Waals surface area contributed by atoms with Gasteiger partial charge in [-0.25, -0.2) is 15.0 Å². The quantitative estimate of drug-likeness (QED) is 0.425. The van der Waals surface area contributed by atoms with Crippen molar-refractivity contribution in [3.05, 3.63) is 67.1 Å². The van der Waals surface area contributed by atoms with Crippen LogP contribution >= 0.6 is 0 Å². The van der Waals surface area contributed by atoms with Gasteiger partial charge in [0.15, 0.2) is 5.82 Å². The van der Waals surface area contributed by atoms with Crippen molar-refractivity contribution in [2.45, 2.75) is 31.5 Å². The fourth-order valence-corrected chi connectivity index (χ4v) is 5.08. The largest absolute Gasteiger partial charge is 0.507 e. The van der Waals surface area contributed by atoms with E-state index in [4.69, 9.17) is 10.7 Å². The fraction of sp³-hybridized carbons (Fsp3) is 0.269. The molecule has 0 radical (unpaired) electrons. The average molecular weight is 480 g/mol. The van der Waals surface area contributed by atoms with Gasteiger partial charge in [0.1, 0.15) is 11.6 Å². The molecule has 6 rings (SSSR count). The number of nitrogens with two attached hydrogens (primary N) is 1. The maximum atomic E-state index is 10.3. The molecule has 3 aromatic heterocycles. The number of piperazine rings is 1. The molecule has 2 bridgehead atoms. The first kappa shape index (κ1) is 21.9. The Morgan fingerprint density at radius 1 is 1.06 bits per heavy atom. The highest BCUT2D eigenvalue weighted by molar-refractivity contribution is 5.74. The highest BCUT2D eigenvalue weighted by Crippen LogP contribution is 2.38. The Kier molecular flexibility index (Phi) is 5.58. The number of aromatic hydroxyl groups is 1. The zero-order chi connectivity index (χ0) is 24.5. The minimum absolute atomic E-state index is 0.167. The van der Waals surface area contributed by atoms with E-state index in [-0.39, 0.29) is 17.8 Å². The molecule has 2 unspecified atom stereocenters. The molecule has 180 valence electrons. The van der Waals surface area contributed by atoms with Crippen LogP contribution in [0, 0.1) is 11.8 Å². The predicted octanol–water partition coefficient (Wildman–Crippen LogP) is 2.33. The molecule has 2 fully saturated rings. The Morgan fingerprint density at radius 2 is 1.89 bits per heavy atom. The number of phenolic OH excluding ortho intramolecular Hbond substituents is 1. The number of imidazole rings is 1. The van der Waals surface area contributed by atoms with Crippen molar-refractivity contribution in [1.29, 1.82) is 0 Å². The van der Waals surface area contributed by atoms with Gasteiger partial charge in [-0.2, -0.15) is 0 Å². The van der Waals surface area contributed by atoms with Gasteiger partial charge in [-0.3, -0.25) is 0 Å². The second kappa shape index (κ2) is 9.19. The number of nitrogens with zero attached hydrogens (tertiary/aromatic N) is 8. The number of rotatable bonds is 4. The molecule has 0 amide bonds. The summed E-state index contributed by atoms with van der Waals surface area (Å²) in [5.74, 6) is 8.15. The van der Waals surface area contributed by atoms with E-state index in [1.54, 1.807) is 30.9 Å². The zero-order valence-electron chi connectivity index (χ0n) is 19.6. The monoisotopic (exact) mass is 479 g/mol. The third-order valence-electron chi connectivity index (χ3n) is 6.73. The number of nitrogen functional groups attached to an aromatic ring is 1. The smallest absolute Gasteiger partial charge is 0.206 e. The van der Waals surface area contributed by atoms with Gasteiger partial charge in [-0.15, -0.1) is 10.2 Å². The van der Waals surface area contributed by atoms with E-state index in [9.17, 15) is 5.11 Å². The second-order valence-corrected chi connectivity index (χ2v) is 8.99. The highest BCUT2D eigenvalue weighted by atomic mass is 16.3. The summed E-state index contributed by atoms with van der Waals surface area (Å²) in [6.07, 6.45) is 9.25. The lowest BCUT2D eigenvalue weighted by molar-refractivity contribution is 0.477. The lowest BCUT2D eigenvalue weighted by Gasteiger charge is -2.42. The van der Waals surface area contributed by atoms with Gasteiger partial charge in [0, 0.05) is 49.3 Å². The van der Waals surface area contributed by atoms with Crippen LogP contribution in [0.3, 0.4) is 0 Å². The van der Waals surface area contributed by atoms with Crippen LogP contribution in [-0.2, 0) is 6.54 Å². The molecular weight excluding hydrogens is 454 g/mol. The van der Waals surface area contributed by atoms with Gasteiger partial charge >= 0.3 is 0 Å². The van der Waals surface area contributed by atoms with E-state index in [0.717, 1.165) is 37.4 Å². The van der Waals surface area contributed by atoms with Crippen LogP contribution in [0.1, 0.15) is 18.7 Å². The summed E-state index contributed by atoms with van der Waals surface area (Å²) < 4.78 is 1.90. The molecule has 10 heteroatoms. The highest BCUT2D eigenvalue weighted by Gasteiger charge is 2.41. The van der Waals surface area contributed by atoms with Gasteiger partial charge < -0.3 is 25.2 Å². The summed E-state index contributed by atoms with van der Waals surface area (Å²) in [7, 11) is 0. The van der Waals surface area contributed by atoms with Crippen molar-refractivity contribution in [2.75, 3.05) is 28.6 Å². The molecule has 5 heterocycles. The Hall–Kier alpha value is -4.65. The molecular formula is C26H25N9O. The Balaban J connectivity index is 1.22. The lowest BCUT2D eigenvalue weighted by Crippen LogP contribution is -2.54. The molecule has 0 spiro atoms. The first-order valence-electron chi connectivity index (χ1n) is 11.9. The van der Waals surface area contributed by atoms with Crippen LogP contribution in [0.25, 0.3) is 11.3 Å². The van der Waals surface area contributed by atoms with Gasteiger partial charge in [-0.05, 0) is 43.0 Å². The van der Waals surface area contributed by atoms with Gasteiger partial charge in [-0.1, -0.05) is 18.1 Å². The van der Waals surface area contributed by atoms with Crippen LogP contribution in [0.2, 0.25) is 0 Å². The standard InChI is InChI=1S/C26H25N9O/c27-26-22(14-21(31-32-26)20-4-1-2-5-23(20)36)34-15-18-7-8-19(16-34)35(18)25-9-10-29-24(30-25)6-3-12-33-13-11-28-17-33/h1-2,4-5,9-11,13-14,17-19,36H,7-8,12,15-16H2,(H2,27,32). The molecule has 2 aliphatic heterocycles. The zero-order valence-corrected chi connectivity index (χ0v) is 19.6. The van der Waals surface area contributed by atoms with E-state index < -0.39 is 0 Å². The van der Waals surface area contributed by atoms with Crippen LogP contribution in [0.4, 0.5) is 17.3 Å². The van der Waals surface area contributed by atoms with Gasteiger partial charge in [0.25, 0.3) is 0 Å². The minimum Gasteiger partial charge on any atom is -0.507 e. The van der Waals surface area contributed by atoms with Crippen molar-refractivity contribution < 1.29 is 5.11 Å². The summed E-state index contributed by atoms with van der Waals surface area (Å²) in [4.78, 5) is 17.8. The van der Waals surface area contributed by atoms with Crippen molar-refractivity contribution >= 4 is 17.3 Å². The lowest BCUT2D eigenvalue weighted by atomic mass is 10.1. The van der Waals surface area contributed by atoms with E-state index in [2.05, 4.69) is 41.8 Å². The van der Waals surface area contributed by atoms with Crippen LogP contribution in [0.15, 0.2) is 61.3 Å². The molecule has 2 saturated heterocycles. The number of hydrogen-bond acceptors (Lipinski definition) is 9. The molecule has 10 nitrogen and oxygen atoms in total. The van der Waals surface area contributed by atoms with E-state index in [0.29, 0.717) is 29.4 Å². The molecule has 1 aromatic carbocycles.